The van der Waals surface area contributed by atoms with Gasteiger partial charge in [-0.3, -0.25) is 9.59 Å². The molecule has 0 spiro atoms. The summed E-state index contributed by atoms with van der Waals surface area (Å²) in [5, 5.41) is 2.27. The number of halogens is 8. The van der Waals surface area contributed by atoms with E-state index in [0.29, 0.717) is 0 Å². The predicted molar refractivity (Wildman–Crippen MR) is 69.6 cm³/mol. The molecule has 0 unspecified atom stereocenters. The number of rotatable bonds is 11. The molecule has 0 aliphatic carbocycles. The van der Waals surface area contributed by atoms with Crippen LogP contribution in [0.4, 0.5) is 35.1 Å². The Morgan fingerprint density at radius 1 is 0.692 bits per heavy atom. The highest BCUT2D eigenvalue weighted by Crippen LogP contribution is 2.52. The van der Waals surface area contributed by atoms with Crippen LogP contribution >= 0.6 is 0 Å². The Morgan fingerprint density at radius 3 is 1.19 bits per heavy atom. The van der Waals surface area contributed by atoms with Crippen LogP contribution < -0.4 is 10.6 Å². The molecule has 0 fully saturated rings. The highest BCUT2D eigenvalue weighted by atomic mass is 19.4. The number of alkyl halides is 8. The van der Waals surface area contributed by atoms with E-state index < -0.39 is 61.8 Å². The minimum Gasteiger partial charge on any atom is -0.383 e. The quantitative estimate of drug-likeness (QED) is 0.399. The third-order valence-corrected chi connectivity index (χ3v) is 2.94. The van der Waals surface area contributed by atoms with Gasteiger partial charge >= 0.3 is 23.7 Å². The molecule has 0 aliphatic heterocycles. The lowest BCUT2D eigenvalue weighted by Crippen LogP contribution is -2.69. The van der Waals surface area contributed by atoms with Crippen LogP contribution in [0.3, 0.4) is 0 Å². The van der Waals surface area contributed by atoms with Crippen LogP contribution in [0.2, 0.25) is 0 Å². The van der Waals surface area contributed by atoms with E-state index in [1.807, 2.05) is 0 Å². The van der Waals surface area contributed by atoms with Crippen LogP contribution in [0.25, 0.3) is 0 Å². The summed E-state index contributed by atoms with van der Waals surface area (Å²) in [5.41, 5.74) is 0. The lowest BCUT2D eigenvalue weighted by Gasteiger charge is -2.35. The Balaban J connectivity index is 5.55. The van der Waals surface area contributed by atoms with E-state index in [1.54, 1.807) is 0 Å². The highest BCUT2D eigenvalue weighted by Gasteiger charge is 2.84. The molecule has 2 amide bonds. The second-order valence-corrected chi connectivity index (χ2v) is 4.79. The van der Waals surface area contributed by atoms with Crippen LogP contribution in [-0.4, -0.2) is 76.0 Å². The predicted octanol–water partition coefficient (Wildman–Crippen LogP) is 1.05. The van der Waals surface area contributed by atoms with E-state index in [1.165, 1.54) is 0 Å². The van der Waals surface area contributed by atoms with Crippen molar-refractivity contribution >= 4 is 11.8 Å². The number of hydrogen-bond donors (Lipinski definition) is 2. The van der Waals surface area contributed by atoms with Gasteiger partial charge in [0.1, 0.15) is 0 Å². The lowest BCUT2D eigenvalue weighted by atomic mass is 9.97. The van der Waals surface area contributed by atoms with Crippen LogP contribution in [-0.2, 0) is 19.1 Å². The molecule has 0 bridgehead atoms. The van der Waals surface area contributed by atoms with E-state index in [0.717, 1.165) is 24.9 Å². The summed E-state index contributed by atoms with van der Waals surface area (Å²) in [4.78, 5) is 22.1. The van der Waals surface area contributed by atoms with Crippen molar-refractivity contribution < 1.29 is 54.2 Å². The monoisotopic (exact) mass is 404 g/mol. The lowest BCUT2D eigenvalue weighted by molar-refractivity contribution is -0.347. The third-order valence-electron chi connectivity index (χ3n) is 2.94. The Hall–Kier alpha value is -1.70. The highest BCUT2D eigenvalue weighted by molar-refractivity contribution is 5.87. The first-order valence-corrected chi connectivity index (χ1v) is 6.77. The maximum Gasteiger partial charge on any atom is 0.392 e. The summed E-state index contributed by atoms with van der Waals surface area (Å²) < 4.78 is 116. The smallest absolute Gasteiger partial charge is 0.383 e. The normalized spacial score (nSPS) is 13.5. The summed E-state index contributed by atoms with van der Waals surface area (Å²) >= 11 is 0. The molecule has 14 heteroatoms. The van der Waals surface area contributed by atoms with Crippen molar-refractivity contribution in [2.24, 2.45) is 0 Å². The van der Waals surface area contributed by atoms with Crippen LogP contribution in [0.15, 0.2) is 0 Å². The van der Waals surface area contributed by atoms with E-state index in [9.17, 15) is 44.7 Å². The standard InChI is InChI=1S/C12H16F8N2O4/c1-25-5-3-21-7(23)9(13,14)11(17,18)12(19,20)10(15,16)8(24)22-4-6-26-2/h3-6H2,1-2H3,(H,21,23)(H,22,24). The zero-order chi connectivity index (χ0) is 20.8. The molecule has 0 saturated heterocycles. The maximum absolute atomic E-state index is 13.5. The van der Waals surface area contributed by atoms with Crippen molar-refractivity contribution in [1.29, 1.82) is 0 Å². The van der Waals surface area contributed by atoms with Gasteiger partial charge in [-0.1, -0.05) is 0 Å². The molecule has 0 heterocycles. The molecule has 0 atom stereocenters. The summed E-state index contributed by atoms with van der Waals surface area (Å²) in [6, 6.07) is 0. The fourth-order valence-corrected chi connectivity index (χ4v) is 1.43. The summed E-state index contributed by atoms with van der Waals surface area (Å²) in [6.45, 7) is -2.44. The van der Waals surface area contributed by atoms with Crippen molar-refractivity contribution in [2.75, 3.05) is 40.5 Å². The summed E-state index contributed by atoms with van der Waals surface area (Å²) in [7, 11) is 2.10. The van der Waals surface area contributed by atoms with Gasteiger partial charge < -0.3 is 20.1 Å². The zero-order valence-electron chi connectivity index (χ0n) is 13.5. The maximum atomic E-state index is 13.5. The Bertz CT molecular complexity index is 458. The van der Waals surface area contributed by atoms with Crippen LogP contribution in [0.1, 0.15) is 0 Å². The molecule has 0 aromatic carbocycles. The molecular weight excluding hydrogens is 388 g/mol. The van der Waals surface area contributed by atoms with Gasteiger partial charge in [-0.15, -0.1) is 0 Å². The fourth-order valence-electron chi connectivity index (χ4n) is 1.43. The Kier molecular flexibility index (Phi) is 8.22. The number of methoxy groups -OCH3 is 2. The van der Waals surface area contributed by atoms with Crippen molar-refractivity contribution in [1.82, 2.24) is 10.6 Å². The van der Waals surface area contributed by atoms with E-state index >= 15 is 0 Å². The van der Waals surface area contributed by atoms with Gasteiger partial charge in [0.15, 0.2) is 0 Å². The first-order chi connectivity index (χ1) is 11.7. The van der Waals surface area contributed by atoms with Crippen molar-refractivity contribution in [3.63, 3.8) is 0 Å². The van der Waals surface area contributed by atoms with Gasteiger partial charge in [-0.05, 0) is 0 Å². The number of amides is 2. The van der Waals surface area contributed by atoms with E-state index in [4.69, 9.17) is 0 Å². The van der Waals surface area contributed by atoms with Gasteiger partial charge in [0.25, 0.3) is 11.8 Å². The molecule has 0 aromatic rings. The molecule has 0 saturated carbocycles. The minimum absolute atomic E-state index is 0.443. The second-order valence-electron chi connectivity index (χ2n) is 4.79. The van der Waals surface area contributed by atoms with Gasteiger partial charge in [-0.2, -0.15) is 35.1 Å². The number of carbonyl (C=O) groups is 2. The zero-order valence-corrected chi connectivity index (χ0v) is 13.5. The number of hydrogen-bond acceptors (Lipinski definition) is 4. The number of nitrogens with one attached hydrogen (secondary N) is 2. The molecule has 154 valence electrons. The first kappa shape index (κ1) is 24.3. The molecule has 0 aromatic heterocycles. The molecular formula is C12H16F8N2O4. The second kappa shape index (κ2) is 8.79. The molecule has 26 heavy (non-hydrogen) atoms. The molecule has 6 nitrogen and oxygen atoms in total. The summed E-state index contributed by atoms with van der Waals surface area (Å²) in [5.74, 6) is -32.1. The van der Waals surface area contributed by atoms with Gasteiger partial charge in [-0.25, -0.2) is 0 Å². The Labute approximate surface area is 142 Å². The van der Waals surface area contributed by atoms with Crippen molar-refractivity contribution in [2.45, 2.75) is 23.7 Å². The molecule has 2 N–H and O–H groups in total. The first-order valence-electron chi connectivity index (χ1n) is 6.77. The topological polar surface area (TPSA) is 76.7 Å². The molecule has 0 radical (unpaired) electrons. The van der Waals surface area contributed by atoms with Crippen molar-refractivity contribution in [3.8, 4) is 0 Å². The van der Waals surface area contributed by atoms with E-state index in [-0.39, 0.29) is 0 Å². The molecule has 0 rings (SSSR count). The van der Waals surface area contributed by atoms with Crippen molar-refractivity contribution in [3.05, 3.63) is 0 Å². The van der Waals surface area contributed by atoms with Crippen LogP contribution in [0, 0.1) is 0 Å². The average Bonchev–Trinajstić information content (AvgIpc) is 2.54. The largest absolute Gasteiger partial charge is 0.392 e. The van der Waals surface area contributed by atoms with E-state index in [2.05, 4.69) is 9.47 Å². The summed E-state index contributed by atoms with van der Waals surface area (Å²) in [6.07, 6.45) is 0. The average molecular weight is 404 g/mol. The Morgan fingerprint density at radius 2 is 0.962 bits per heavy atom. The van der Waals surface area contributed by atoms with Gasteiger partial charge in [0, 0.05) is 27.3 Å². The number of carbonyl (C=O) groups excluding carboxylic acids is 2. The third kappa shape index (κ3) is 4.52. The minimum atomic E-state index is -6.89. The molecule has 0 aliphatic rings. The van der Waals surface area contributed by atoms with Gasteiger partial charge in [0.05, 0.1) is 13.2 Å². The number of ether oxygens (including phenoxy) is 2. The van der Waals surface area contributed by atoms with Gasteiger partial charge in [0.2, 0.25) is 0 Å². The van der Waals surface area contributed by atoms with Crippen LogP contribution in [0.5, 0.6) is 0 Å². The SMILES string of the molecule is COCCNC(=O)C(F)(F)C(F)(F)C(F)(F)C(F)(F)C(=O)NCCOC. The fraction of sp³-hybridized carbons (Fsp3) is 0.833.